The SMILES string of the molecule is CCCCc1noc(C(C)Nc2ccc(NC(=O)CN3CCOCC3)cc2)n1. The second kappa shape index (κ2) is 10.2. The monoisotopic (exact) mass is 387 g/mol. The van der Waals surface area contributed by atoms with Crippen LogP contribution in [-0.2, 0) is 16.0 Å². The topological polar surface area (TPSA) is 92.5 Å². The molecule has 0 radical (unpaired) electrons. The summed E-state index contributed by atoms with van der Waals surface area (Å²) in [5.41, 5.74) is 1.70. The molecule has 1 saturated heterocycles. The van der Waals surface area contributed by atoms with Gasteiger partial charge in [0.05, 0.1) is 19.8 Å². The molecule has 1 fully saturated rings. The number of unbranched alkanes of at least 4 members (excludes halogenated alkanes) is 1. The van der Waals surface area contributed by atoms with Gasteiger partial charge in [-0.3, -0.25) is 9.69 Å². The highest BCUT2D eigenvalue weighted by molar-refractivity contribution is 5.92. The molecule has 1 aromatic carbocycles. The van der Waals surface area contributed by atoms with Crippen LogP contribution in [-0.4, -0.2) is 53.8 Å². The zero-order valence-electron chi connectivity index (χ0n) is 16.6. The number of morpholine rings is 1. The van der Waals surface area contributed by atoms with Crippen molar-refractivity contribution in [1.82, 2.24) is 15.0 Å². The maximum absolute atomic E-state index is 12.2. The van der Waals surface area contributed by atoms with E-state index in [9.17, 15) is 4.79 Å². The van der Waals surface area contributed by atoms with Crippen LogP contribution in [0.25, 0.3) is 0 Å². The Hall–Kier alpha value is -2.45. The first-order valence-electron chi connectivity index (χ1n) is 9.93. The molecule has 2 N–H and O–H groups in total. The van der Waals surface area contributed by atoms with Crippen molar-refractivity contribution in [3.8, 4) is 0 Å². The Bertz CT molecular complexity index is 741. The fourth-order valence-corrected chi connectivity index (χ4v) is 3.00. The van der Waals surface area contributed by atoms with Gasteiger partial charge in [-0.2, -0.15) is 4.98 Å². The van der Waals surface area contributed by atoms with Gasteiger partial charge in [0.1, 0.15) is 6.04 Å². The smallest absolute Gasteiger partial charge is 0.248 e. The van der Waals surface area contributed by atoms with Gasteiger partial charge in [0, 0.05) is 30.9 Å². The fourth-order valence-electron chi connectivity index (χ4n) is 3.00. The molecule has 1 aromatic heterocycles. The highest BCUT2D eigenvalue weighted by Crippen LogP contribution is 2.20. The minimum atomic E-state index is -0.0929. The van der Waals surface area contributed by atoms with E-state index in [1.165, 1.54) is 0 Å². The number of carbonyl (C=O) groups excluding carboxylic acids is 1. The van der Waals surface area contributed by atoms with Crippen LogP contribution in [0.3, 0.4) is 0 Å². The van der Waals surface area contributed by atoms with E-state index in [1.54, 1.807) is 0 Å². The zero-order chi connectivity index (χ0) is 19.8. The summed E-state index contributed by atoms with van der Waals surface area (Å²) in [5, 5.41) is 10.3. The summed E-state index contributed by atoms with van der Waals surface area (Å²) in [5.74, 6) is 1.32. The average Bonchev–Trinajstić information content (AvgIpc) is 3.18. The van der Waals surface area contributed by atoms with Gasteiger partial charge in [0.2, 0.25) is 11.8 Å². The van der Waals surface area contributed by atoms with Gasteiger partial charge < -0.3 is 19.9 Å². The van der Waals surface area contributed by atoms with Gasteiger partial charge in [-0.05, 0) is 37.6 Å². The maximum Gasteiger partial charge on any atom is 0.248 e. The van der Waals surface area contributed by atoms with Crippen LogP contribution in [0.4, 0.5) is 11.4 Å². The Balaban J connectivity index is 1.48. The van der Waals surface area contributed by atoms with E-state index >= 15 is 0 Å². The third-order valence-corrected chi connectivity index (χ3v) is 4.63. The molecule has 2 heterocycles. The molecule has 1 aliphatic rings. The molecule has 3 rings (SSSR count). The molecule has 2 aromatic rings. The summed E-state index contributed by atoms with van der Waals surface area (Å²) >= 11 is 0. The Morgan fingerprint density at radius 3 is 2.64 bits per heavy atom. The molecule has 8 nitrogen and oxygen atoms in total. The van der Waals surface area contributed by atoms with Crippen LogP contribution in [0.2, 0.25) is 0 Å². The standard InChI is InChI=1S/C20H29N5O3/c1-3-4-5-18-23-20(28-24-18)15(2)21-16-6-8-17(9-7-16)22-19(26)14-25-10-12-27-13-11-25/h6-9,15,21H,3-5,10-14H2,1-2H3,(H,22,26). The first-order chi connectivity index (χ1) is 13.6. The second-order valence-electron chi connectivity index (χ2n) is 7.03. The summed E-state index contributed by atoms with van der Waals surface area (Å²) in [6.07, 6.45) is 3.00. The average molecular weight is 387 g/mol. The Labute approximate surface area is 165 Å². The van der Waals surface area contributed by atoms with Crippen molar-refractivity contribution in [3.05, 3.63) is 36.0 Å². The van der Waals surface area contributed by atoms with Crippen LogP contribution in [0, 0.1) is 0 Å². The van der Waals surface area contributed by atoms with E-state index in [0.29, 0.717) is 25.6 Å². The summed E-state index contributed by atoms with van der Waals surface area (Å²) in [4.78, 5) is 18.7. The normalized spacial score (nSPS) is 15.9. The lowest BCUT2D eigenvalue weighted by molar-refractivity contribution is -0.118. The third kappa shape index (κ3) is 6.03. The first kappa shape index (κ1) is 20.3. The van der Waals surface area contributed by atoms with Gasteiger partial charge in [-0.1, -0.05) is 18.5 Å². The highest BCUT2D eigenvalue weighted by Gasteiger charge is 2.15. The molecule has 1 unspecified atom stereocenters. The number of aryl methyl sites for hydroxylation is 1. The molecular formula is C20H29N5O3. The van der Waals surface area contributed by atoms with E-state index in [4.69, 9.17) is 9.26 Å². The Morgan fingerprint density at radius 1 is 1.21 bits per heavy atom. The first-order valence-corrected chi connectivity index (χ1v) is 9.93. The quantitative estimate of drug-likeness (QED) is 0.683. The van der Waals surface area contributed by atoms with Gasteiger partial charge in [0.25, 0.3) is 0 Å². The van der Waals surface area contributed by atoms with Crippen LogP contribution in [0.5, 0.6) is 0 Å². The van der Waals surface area contributed by atoms with Crippen molar-refractivity contribution in [2.24, 2.45) is 0 Å². The van der Waals surface area contributed by atoms with E-state index < -0.39 is 0 Å². The third-order valence-electron chi connectivity index (χ3n) is 4.63. The minimum absolute atomic E-state index is 0.0126. The van der Waals surface area contributed by atoms with Crippen molar-refractivity contribution in [3.63, 3.8) is 0 Å². The van der Waals surface area contributed by atoms with Crippen molar-refractivity contribution in [2.45, 2.75) is 39.2 Å². The van der Waals surface area contributed by atoms with Gasteiger partial charge in [-0.15, -0.1) is 0 Å². The lowest BCUT2D eigenvalue weighted by atomic mass is 10.2. The van der Waals surface area contributed by atoms with Crippen LogP contribution < -0.4 is 10.6 Å². The number of benzene rings is 1. The van der Waals surface area contributed by atoms with E-state index in [2.05, 4.69) is 32.6 Å². The number of carbonyl (C=O) groups is 1. The molecule has 1 atom stereocenters. The van der Waals surface area contributed by atoms with Crippen LogP contribution in [0.15, 0.2) is 28.8 Å². The molecule has 0 spiro atoms. The van der Waals surface area contributed by atoms with E-state index in [1.807, 2.05) is 31.2 Å². The van der Waals surface area contributed by atoms with E-state index in [0.717, 1.165) is 49.6 Å². The lowest BCUT2D eigenvalue weighted by Gasteiger charge is -2.25. The maximum atomic E-state index is 12.2. The van der Waals surface area contributed by atoms with Crippen LogP contribution in [0.1, 0.15) is 44.4 Å². The predicted molar refractivity (Wildman–Crippen MR) is 107 cm³/mol. The van der Waals surface area contributed by atoms with Crippen molar-refractivity contribution >= 4 is 17.3 Å². The molecule has 8 heteroatoms. The molecule has 28 heavy (non-hydrogen) atoms. The van der Waals surface area contributed by atoms with Gasteiger partial charge in [0.15, 0.2) is 5.82 Å². The molecule has 0 bridgehead atoms. The van der Waals surface area contributed by atoms with Crippen molar-refractivity contribution in [1.29, 1.82) is 0 Å². The van der Waals surface area contributed by atoms with Crippen molar-refractivity contribution < 1.29 is 14.1 Å². The molecule has 1 amide bonds. The highest BCUT2D eigenvalue weighted by atomic mass is 16.5. The largest absolute Gasteiger partial charge is 0.379 e. The number of nitrogens with zero attached hydrogens (tertiary/aromatic N) is 3. The number of aromatic nitrogens is 2. The number of anilines is 2. The number of nitrogens with one attached hydrogen (secondary N) is 2. The lowest BCUT2D eigenvalue weighted by Crippen LogP contribution is -2.41. The zero-order valence-corrected chi connectivity index (χ0v) is 16.6. The van der Waals surface area contributed by atoms with Crippen LogP contribution >= 0.6 is 0 Å². The van der Waals surface area contributed by atoms with Gasteiger partial charge >= 0.3 is 0 Å². The number of hydrogen-bond donors (Lipinski definition) is 2. The Kier molecular flexibility index (Phi) is 7.39. The van der Waals surface area contributed by atoms with Gasteiger partial charge in [-0.25, -0.2) is 0 Å². The fraction of sp³-hybridized carbons (Fsp3) is 0.550. The number of ether oxygens (including phenoxy) is 1. The predicted octanol–water partition coefficient (Wildman–Crippen LogP) is 2.86. The summed E-state index contributed by atoms with van der Waals surface area (Å²) in [7, 11) is 0. The molecule has 0 saturated carbocycles. The number of rotatable bonds is 9. The summed E-state index contributed by atoms with van der Waals surface area (Å²) in [6, 6.07) is 7.52. The summed E-state index contributed by atoms with van der Waals surface area (Å²) in [6.45, 7) is 7.47. The second-order valence-corrected chi connectivity index (χ2v) is 7.03. The molecule has 1 aliphatic heterocycles. The minimum Gasteiger partial charge on any atom is -0.379 e. The summed E-state index contributed by atoms with van der Waals surface area (Å²) < 4.78 is 10.6. The number of hydrogen-bond acceptors (Lipinski definition) is 7. The number of amides is 1. The molecule has 0 aliphatic carbocycles. The molecular weight excluding hydrogens is 358 g/mol. The van der Waals surface area contributed by atoms with E-state index in [-0.39, 0.29) is 11.9 Å². The Morgan fingerprint density at radius 2 is 1.93 bits per heavy atom. The molecule has 152 valence electrons. The van der Waals surface area contributed by atoms with Crippen molar-refractivity contribution in [2.75, 3.05) is 43.5 Å².